The predicted molar refractivity (Wildman–Crippen MR) is 69.0 cm³/mol. The topological polar surface area (TPSA) is 9.23 Å². The number of benzene rings is 2. The van der Waals surface area contributed by atoms with Crippen LogP contribution in [0.2, 0.25) is 0 Å². The van der Waals surface area contributed by atoms with Gasteiger partial charge in [-0.2, -0.15) is 0 Å². The molecule has 2 aromatic rings. The molecule has 0 amide bonds. The largest absolute Gasteiger partial charge is 0.372 e. The van der Waals surface area contributed by atoms with Gasteiger partial charge in [0, 0.05) is 10.0 Å². The van der Waals surface area contributed by atoms with Crippen molar-refractivity contribution < 1.29 is 9.13 Å². The quantitative estimate of drug-likeness (QED) is 0.817. The van der Waals surface area contributed by atoms with Crippen molar-refractivity contribution in [1.82, 2.24) is 0 Å². The minimum Gasteiger partial charge on any atom is -0.372 e. The van der Waals surface area contributed by atoms with E-state index in [4.69, 9.17) is 4.74 Å². The van der Waals surface area contributed by atoms with Crippen LogP contribution in [0, 0.1) is 5.82 Å². The van der Waals surface area contributed by atoms with Crippen molar-refractivity contribution >= 4 is 15.9 Å². The molecule has 0 aliphatic carbocycles. The Hall–Kier alpha value is -1.19. The highest BCUT2D eigenvalue weighted by Gasteiger charge is 2.00. The van der Waals surface area contributed by atoms with Crippen molar-refractivity contribution in [3.05, 3.63) is 69.9 Å². The zero-order valence-corrected chi connectivity index (χ0v) is 10.8. The fourth-order valence-electron chi connectivity index (χ4n) is 1.47. The third kappa shape index (κ3) is 3.65. The molecule has 17 heavy (non-hydrogen) atoms. The lowest BCUT2D eigenvalue weighted by molar-refractivity contribution is 0.105. The summed E-state index contributed by atoms with van der Waals surface area (Å²) in [5.74, 6) is -0.219. The fourth-order valence-corrected chi connectivity index (χ4v) is 1.74. The molecule has 0 saturated carbocycles. The van der Waals surface area contributed by atoms with Gasteiger partial charge in [-0.3, -0.25) is 0 Å². The predicted octanol–water partition coefficient (Wildman–Crippen LogP) is 4.31. The van der Waals surface area contributed by atoms with Crippen LogP contribution in [0.15, 0.2) is 53.0 Å². The average molecular weight is 295 g/mol. The summed E-state index contributed by atoms with van der Waals surface area (Å²) in [5, 5.41) is 0. The normalized spacial score (nSPS) is 10.5. The first-order chi connectivity index (χ1) is 8.25. The van der Waals surface area contributed by atoms with Crippen LogP contribution in [0.4, 0.5) is 4.39 Å². The van der Waals surface area contributed by atoms with Crippen LogP contribution in [0.3, 0.4) is 0 Å². The van der Waals surface area contributed by atoms with E-state index in [1.807, 2.05) is 24.3 Å². The lowest BCUT2D eigenvalue weighted by atomic mass is 10.2. The van der Waals surface area contributed by atoms with Crippen molar-refractivity contribution in [2.24, 2.45) is 0 Å². The lowest BCUT2D eigenvalue weighted by Crippen LogP contribution is -1.96. The molecule has 0 saturated heterocycles. The van der Waals surface area contributed by atoms with E-state index in [9.17, 15) is 4.39 Å². The summed E-state index contributed by atoms with van der Waals surface area (Å²) in [7, 11) is 0. The molecule has 0 spiro atoms. The Morgan fingerprint density at radius 2 is 1.65 bits per heavy atom. The highest BCUT2D eigenvalue weighted by molar-refractivity contribution is 9.10. The number of hydrogen-bond donors (Lipinski definition) is 0. The molecule has 0 radical (unpaired) electrons. The number of hydrogen-bond acceptors (Lipinski definition) is 1. The lowest BCUT2D eigenvalue weighted by Gasteiger charge is -2.05. The van der Waals surface area contributed by atoms with Crippen LogP contribution in [0.1, 0.15) is 11.1 Å². The smallest absolute Gasteiger partial charge is 0.128 e. The second-order valence-corrected chi connectivity index (χ2v) is 4.63. The van der Waals surface area contributed by atoms with E-state index in [0.29, 0.717) is 18.8 Å². The van der Waals surface area contributed by atoms with E-state index in [2.05, 4.69) is 15.9 Å². The van der Waals surface area contributed by atoms with Crippen molar-refractivity contribution in [1.29, 1.82) is 0 Å². The molecule has 0 heterocycles. The van der Waals surface area contributed by atoms with E-state index in [0.717, 1.165) is 10.0 Å². The van der Waals surface area contributed by atoms with Gasteiger partial charge in [-0.05, 0) is 23.8 Å². The molecule has 0 unspecified atom stereocenters. The maximum Gasteiger partial charge on any atom is 0.128 e. The van der Waals surface area contributed by atoms with Gasteiger partial charge in [0.15, 0.2) is 0 Å². The van der Waals surface area contributed by atoms with Crippen LogP contribution in [-0.4, -0.2) is 0 Å². The Bertz CT molecular complexity index is 482. The second kappa shape index (κ2) is 5.94. The van der Waals surface area contributed by atoms with Gasteiger partial charge in [-0.25, -0.2) is 4.39 Å². The molecule has 0 bridgehead atoms. The van der Waals surface area contributed by atoms with Gasteiger partial charge < -0.3 is 4.74 Å². The maximum absolute atomic E-state index is 13.3. The number of halogens is 2. The van der Waals surface area contributed by atoms with Gasteiger partial charge in [0.25, 0.3) is 0 Å². The van der Waals surface area contributed by atoms with Crippen LogP contribution in [0.5, 0.6) is 0 Å². The molecule has 1 nitrogen and oxygen atoms in total. The summed E-state index contributed by atoms with van der Waals surface area (Å²) in [6, 6.07) is 14.5. The van der Waals surface area contributed by atoms with Gasteiger partial charge in [0.2, 0.25) is 0 Å². The molecule has 0 aliphatic rings. The van der Waals surface area contributed by atoms with Gasteiger partial charge in [-0.15, -0.1) is 0 Å². The van der Waals surface area contributed by atoms with Crippen LogP contribution in [0.25, 0.3) is 0 Å². The third-order valence-electron chi connectivity index (χ3n) is 2.40. The van der Waals surface area contributed by atoms with E-state index < -0.39 is 0 Å². The summed E-state index contributed by atoms with van der Waals surface area (Å²) in [4.78, 5) is 0. The summed E-state index contributed by atoms with van der Waals surface area (Å²) in [5.41, 5.74) is 1.66. The maximum atomic E-state index is 13.3. The first kappa shape index (κ1) is 12.3. The molecule has 0 fully saturated rings. The zero-order valence-electron chi connectivity index (χ0n) is 9.20. The Morgan fingerprint density at radius 1 is 0.941 bits per heavy atom. The minimum absolute atomic E-state index is 0.219. The first-order valence-electron chi connectivity index (χ1n) is 5.31. The van der Waals surface area contributed by atoms with Crippen LogP contribution < -0.4 is 0 Å². The molecule has 88 valence electrons. The number of ether oxygens (including phenoxy) is 1. The van der Waals surface area contributed by atoms with E-state index >= 15 is 0 Å². The summed E-state index contributed by atoms with van der Waals surface area (Å²) in [6.07, 6.45) is 0. The van der Waals surface area contributed by atoms with Crippen LogP contribution in [-0.2, 0) is 18.0 Å². The van der Waals surface area contributed by atoms with Gasteiger partial charge >= 0.3 is 0 Å². The van der Waals surface area contributed by atoms with Crippen molar-refractivity contribution in [3.8, 4) is 0 Å². The molecule has 0 aromatic heterocycles. The van der Waals surface area contributed by atoms with Crippen molar-refractivity contribution in [2.75, 3.05) is 0 Å². The third-order valence-corrected chi connectivity index (χ3v) is 2.93. The Morgan fingerprint density at radius 3 is 2.35 bits per heavy atom. The first-order valence-corrected chi connectivity index (χ1v) is 6.10. The second-order valence-electron chi connectivity index (χ2n) is 3.71. The molecule has 0 aliphatic heterocycles. The fraction of sp³-hybridized carbons (Fsp3) is 0.143. The molecule has 0 atom stereocenters. The molecule has 0 N–H and O–H groups in total. The number of rotatable bonds is 4. The molecular weight excluding hydrogens is 283 g/mol. The highest BCUT2D eigenvalue weighted by atomic mass is 79.9. The Balaban J connectivity index is 1.88. The molecule has 3 heteroatoms. The van der Waals surface area contributed by atoms with Crippen LogP contribution >= 0.6 is 15.9 Å². The van der Waals surface area contributed by atoms with E-state index in [1.54, 1.807) is 18.2 Å². The molecule has 2 aromatic carbocycles. The van der Waals surface area contributed by atoms with Gasteiger partial charge in [-0.1, -0.05) is 46.3 Å². The van der Waals surface area contributed by atoms with Crippen molar-refractivity contribution in [2.45, 2.75) is 13.2 Å². The molecule has 2 rings (SSSR count). The van der Waals surface area contributed by atoms with E-state index in [-0.39, 0.29) is 5.82 Å². The Kier molecular flexibility index (Phi) is 4.29. The summed E-state index contributed by atoms with van der Waals surface area (Å²) >= 11 is 3.37. The zero-order chi connectivity index (χ0) is 12.1. The molecular formula is C14H12BrFO. The summed E-state index contributed by atoms with van der Waals surface area (Å²) in [6.45, 7) is 0.782. The Labute approximate surface area is 108 Å². The minimum atomic E-state index is -0.219. The van der Waals surface area contributed by atoms with E-state index in [1.165, 1.54) is 6.07 Å². The monoisotopic (exact) mass is 294 g/mol. The highest BCUT2D eigenvalue weighted by Crippen LogP contribution is 2.13. The van der Waals surface area contributed by atoms with Crippen molar-refractivity contribution in [3.63, 3.8) is 0 Å². The SMILES string of the molecule is Fc1ccccc1COCc1ccc(Br)cc1. The summed E-state index contributed by atoms with van der Waals surface area (Å²) < 4.78 is 19.8. The standard InChI is InChI=1S/C14H12BrFO/c15-13-7-5-11(6-8-13)9-17-10-12-3-1-2-4-14(12)16/h1-8H,9-10H2. The van der Waals surface area contributed by atoms with Gasteiger partial charge in [0.05, 0.1) is 13.2 Å². The van der Waals surface area contributed by atoms with Gasteiger partial charge in [0.1, 0.15) is 5.82 Å². The average Bonchev–Trinajstić information content (AvgIpc) is 2.34.